The van der Waals surface area contributed by atoms with Crippen molar-refractivity contribution < 1.29 is 4.79 Å². The number of anilines is 1. The Morgan fingerprint density at radius 1 is 1.39 bits per heavy atom. The molecule has 2 N–H and O–H groups in total. The van der Waals surface area contributed by atoms with Gasteiger partial charge in [-0.1, -0.05) is 25.4 Å². The number of carbonyl (C=O) groups is 1. The van der Waals surface area contributed by atoms with E-state index in [2.05, 4.69) is 20.6 Å². The predicted octanol–water partition coefficient (Wildman–Crippen LogP) is 2.01. The molecule has 0 aromatic carbocycles. The fourth-order valence-electron chi connectivity index (χ4n) is 1.35. The van der Waals surface area contributed by atoms with Gasteiger partial charge in [-0.05, 0) is 19.8 Å². The number of amides is 1. The van der Waals surface area contributed by atoms with Crippen LogP contribution in [0.15, 0.2) is 6.07 Å². The lowest BCUT2D eigenvalue weighted by Gasteiger charge is -2.15. The molecular formula is C12H19ClN4O. The van der Waals surface area contributed by atoms with Crippen molar-refractivity contribution in [2.45, 2.75) is 33.7 Å². The van der Waals surface area contributed by atoms with Crippen molar-refractivity contribution in [2.24, 2.45) is 5.92 Å². The molecule has 6 heteroatoms. The van der Waals surface area contributed by atoms with Gasteiger partial charge in [0.15, 0.2) is 0 Å². The van der Waals surface area contributed by atoms with E-state index in [0.717, 1.165) is 0 Å². The minimum atomic E-state index is -0.367. The average Bonchev–Trinajstić information content (AvgIpc) is 2.24. The maximum absolute atomic E-state index is 11.8. The second-order valence-electron chi connectivity index (χ2n) is 4.63. The van der Waals surface area contributed by atoms with Crippen molar-refractivity contribution in [3.05, 3.63) is 17.0 Å². The van der Waals surface area contributed by atoms with Crippen LogP contribution in [-0.4, -0.2) is 28.5 Å². The molecule has 5 nitrogen and oxygen atoms in total. The van der Waals surface area contributed by atoms with Crippen molar-refractivity contribution in [1.82, 2.24) is 15.3 Å². The third-order valence-electron chi connectivity index (χ3n) is 2.25. The van der Waals surface area contributed by atoms with Crippen molar-refractivity contribution >= 4 is 23.3 Å². The van der Waals surface area contributed by atoms with Crippen LogP contribution >= 0.6 is 11.6 Å². The Morgan fingerprint density at radius 2 is 2.06 bits per heavy atom. The SMILES string of the molecule is Cc1nc(Cl)cc(NC(C)C(=O)NCC(C)C)n1. The largest absolute Gasteiger partial charge is 0.358 e. The van der Waals surface area contributed by atoms with Crippen molar-refractivity contribution in [3.63, 3.8) is 0 Å². The third-order valence-corrected chi connectivity index (χ3v) is 2.44. The second kappa shape index (κ2) is 6.54. The van der Waals surface area contributed by atoms with Crippen LogP contribution in [0, 0.1) is 12.8 Å². The summed E-state index contributed by atoms with van der Waals surface area (Å²) in [5, 5.41) is 6.21. The molecule has 1 aromatic heterocycles. The maximum Gasteiger partial charge on any atom is 0.242 e. The zero-order valence-corrected chi connectivity index (χ0v) is 11.9. The molecule has 0 aliphatic carbocycles. The number of nitrogens with zero attached hydrogens (tertiary/aromatic N) is 2. The molecule has 0 saturated heterocycles. The molecule has 100 valence electrons. The Kier molecular flexibility index (Phi) is 5.34. The first-order valence-corrected chi connectivity index (χ1v) is 6.31. The number of hydrogen-bond donors (Lipinski definition) is 2. The monoisotopic (exact) mass is 270 g/mol. The number of nitrogens with one attached hydrogen (secondary N) is 2. The smallest absolute Gasteiger partial charge is 0.242 e. The van der Waals surface area contributed by atoms with Gasteiger partial charge < -0.3 is 10.6 Å². The molecule has 0 spiro atoms. The van der Waals surface area contributed by atoms with Gasteiger partial charge in [-0.25, -0.2) is 9.97 Å². The van der Waals surface area contributed by atoms with E-state index >= 15 is 0 Å². The zero-order chi connectivity index (χ0) is 13.7. The van der Waals surface area contributed by atoms with Crippen molar-refractivity contribution in [2.75, 3.05) is 11.9 Å². The zero-order valence-electron chi connectivity index (χ0n) is 11.1. The number of hydrogen-bond acceptors (Lipinski definition) is 4. The lowest BCUT2D eigenvalue weighted by Crippen LogP contribution is -2.39. The van der Waals surface area contributed by atoms with Gasteiger partial charge in [0.1, 0.15) is 22.8 Å². The fraction of sp³-hybridized carbons (Fsp3) is 0.583. The molecule has 1 rings (SSSR count). The van der Waals surface area contributed by atoms with E-state index in [1.807, 2.05) is 13.8 Å². The molecule has 0 fully saturated rings. The van der Waals surface area contributed by atoms with Gasteiger partial charge in [0.25, 0.3) is 0 Å². The Balaban J connectivity index is 2.58. The Bertz CT molecular complexity index is 402. The summed E-state index contributed by atoms with van der Waals surface area (Å²) >= 11 is 5.82. The highest BCUT2D eigenvalue weighted by molar-refractivity contribution is 6.29. The van der Waals surface area contributed by atoms with Crippen LogP contribution in [-0.2, 0) is 4.79 Å². The minimum absolute atomic E-state index is 0.0592. The van der Waals surface area contributed by atoms with Crippen LogP contribution in [0.4, 0.5) is 5.82 Å². The molecule has 0 aliphatic heterocycles. The Labute approximate surface area is 112 Å². The van der Waals surface area contributed by atoms with E-state index in [-0.39, 0.29) is 11.9 Å². The molecule has 18 heavy (non-hydrogen) atoms. The van der Waals surface area contributed by atoms with E-state index in [0.29, 0.717) is 29.3 Å². The third kappa shape index (κ3) is 4.87. The first kappa shape index (κ1) is 14.7. The lowest BCUT2D eigenvalue weighted by atomic mass is 10.2. The number of halogens is 1. The van der Waals surface area contributed by atoms with Gasteiger partial charge in [0, 0.05) is 12.6 Å². The quantitative estimate of drug-likeness (QED) is 0.804. The highest BCUT2D eigenvalue weighted by atomic mass is 35.5. The first-order valence-electron chi connectivity index (χ1n) is 5.94. The summed E-state index contributed by atoms with van der Waals surface area (Å²) in [5.74, 6) is 1.49. The summed E-state index contributed by atoms with van der Waals surface area (Å²) in [6, 6.07) is 1.23. The number of rotatable bonds is 5. The van der Waals surface area contributed by atoms with Gasteiger partial charge >= 0.3 is 0 Å². The minimum Gasteiger partial charge on any atom is -0.358 e. The van der Waals surface area contributed by atoms with E-state index in [1.165, 1.54) is 0 Å². The molecule has 0 aliphatic rings. The van der Waals surface area contributed by atoms with Crippen molar-refractivity contribution in [3.8, 4) is 0 Å². The van der Waals surface area contributed by atoms with Crippen LogP contribution in [0.3, 0.4) is 0 Å². The molecule has 1 amide bonds. The highest BCUT2D eigenvalue weighted by Gasteiger charge is 2.13. The Morgan fingerprint density at radius 3 is 2.61 bits per heavy atom. The van der Waals surface area contributed by atoms with E-state index < -0.39 is 0 Å². The molecular weight excluding hydrogens is 252 g/mol. The lowest BCUT2D eigenvalue weighted by molar-refractivity contribution is -0.121. The van der Waals surface area contributed by atoms with Crippen LogP contribution in [0.5, 0.6) is 0 Å². The molecule has 1 atom stereocenters. The predicted molar refractivity (Wildman–Crippen MR) is 72.7 cm³/mol. The van der Waals surface area contributed by atoms with E-state index in [4.69, 9.17) is 11.6 Å². The molecule has 1 heterocycles. The van der Waals surface area contributed by atoms with Crippen molar-refractivity contribution in [1.29, 1.82) is 0 Å². The van der Waals surface area contributed by atoms with Crippen LogP contribution in [0.1, 0.15) is 26.6 Å². The fourth-order valence-corrected chi connectivity index (χ4v) is 1.58. The summed E-state index contributed by atoms with van der Waals surface area (Å²) in [6.07, 6.45) is 0. The highest BCUT2D eigenvalue weighted by Crippen LogP contribution is 2.12. The summed E-state index contributed by atoms with van der Waals surface area (Å²) in [4.78, 5) is 19.9. The summed E-state index contributed by atoms with van der Waals surface area (Å²) < 4.78 is 0. The Hall–Kier alpha value is -1.36. The van der Waals surface area contributed by atoms with Gasteiger partial charge in [0.05, 0.1) is 0 Å². The number of aryl methyl sites for hydroxylation is 1. The number of aromatic nitrogens is 2. The van der Waals surface area contributed by atoms with Gasteiger partial charge in [-0.15, -0.1) is 0 Å². The maximum atomic E-state index is 11.8. The van der Waals surface area contributed by atoms with Crippen LogP contribution in [0.25, 0.3) is 0 Å². The summed E-state index contributed by atoms with van der Waals surface area (Å²) in [7, 11) is 0. The normalized spacial score (nSPS) is 12.3. The van der Waals surface area contributed by atoms with E-state index in [1.54, 1.807) is 19.9 Å². The molecule has 0 radical (unpaired) electrons. The summed E-state index contributed by atoms with van der Waals surface area (Å²) in [6.45, 7) is 8.29. The molecule has 0 saturated carbocycles. The van der Waals surface area contributed by atoms with Crippen LogP contribution < -0.4 is 10.6 Å². The van der Waals surface area contributed by atoms with Gasteiger partial charge in [0.2, 0.25) is 5.91 Å². The van der Waals surface area contributed by atoms with Gasteiger partial charge in [-0.3, -0.25) is 4.79 Å². The number of carbonyl (C=O) groups excluding carboxylic acids is 1. The molecule has 1 aromatic rings. The molecule has 1 unspecified atom stereocenters. The molecule has 0 bridgehead atoms. The van der Waals surface area contributed by atoms with Gasteiger partial charge in [-0.2, -0.15) is 0 Å². The first-order chi connectivity index (χ1) is 8.38. The van der Waals surface area contributed by atoms with E-state index in [9.17, 15) is 4.79 Å². The van der Waals surface area contributed by atoms with Crippen LogP contribution in [0.2, 0.25) is 5.15 Å². The average molecular weight is 271 g/mol. The summed E-state index contributed by atoms with van der Waals surface area (Å²) in [5.41, 5.74) is 0. The second-order valence-corrected chi connectivity index (χ2v) is 5.02. The standard InChI is InChI=1S/C12H19ClN4O/c1-7(2)6-14-12(18)8(3)15-11-5-10(13)16-9(4)17-11/h5,7-8H,6H2,1-4H3,(H,14,18)(H,15,16,17). The topological polar surface area (TPSA) is 66.9 Å².